The van der Waals surface area contributed by atoms with E-state index in [9.17, 15) is 0 Å². The molecule has 0 spiro atoms. The van der Waals surface area contributed by atoms with E-state index in [-0.39, 0.29) is 5.60 Å². The van der Waals surface area contributed by atoms with E-state index in [0.29, 0.717) is 6.10 Å². The molecule has 2 aliphatic carbocycles. The highest BCUT2D eigenvalue weighted by Crippen LogP contribution is 2.44. The summed E-state index contributed by atoms with van der Waals surface area (Å²) in [5.41, 5.74) is 5.93. The maximum Gasteiger partial charge on any atom is 0.0698 e. The fraction of sp³-hybridized carbons (Fsp3) is 1.00. The Morgan fingerprint density at radius 3 is 2.50 bits per heavy atom. The van der Waals surface area contributed by atoms with Gasteiger partial charge in [-0.05, 0) is 62.8 Å². The van der Waals surface area contributed by atoms with Crippen LogP contribution in [0.5, 0.6) is 0 Å². The summed E-state index contributed by atoms with van der Waals surface area (Å²) in [6, 6.07) is 0. The standard InChI is InChI=1S/C16H31NO/c1-12(2)14-6-5-13(3)11-15(14)18-16(9-10-17)7-4-8-16/h12-15H,4-11,17H2,1-3H3. The van der Waals surface area contributed by atoms with Gasteiger partial charge < -0.3 is 10.5 Å². The lowest BCUT2D eigenvalue weighted by atomic mass is 9.73. The second kappa shape index (κ2) is 5.92. The van der Waals surface area contributed by atoms with Gasteiger partial charge in [-0.2, -0.15) is 0 Å². The molecule has 2 nitrogen and oxygen atoms in total. The minimum absolute atomic E-state index is 0.156. The zero-order valence-electron chi connectivity index (χ0n) is 12.5. The minimum atomic E-state index is 0.156. The topological polar surface area (TPSA) is 35.2 Å². The van der Waals surface area contributed by atoms with Crippen LogP contribution < -0.4 is 5.73 Å². The summed E-state index contributed by atoms with van der Waals surface area (Å²) in [5.74, 6) is 2.34. The van der Waals surface area contributed by atoms with Crippen LogP contribution in [-0.4, -0.2) is 18.2 Å². The smallest absolute Gasteiger partial charge is 0.0698 e. The number of hydrogen-bond acceptors (Lipinski definition) is 2. The third kappa shape index (κ3) is 3.08. The first-order valence-corrected chi connectivity index (χ1v) is 7.94. The summed E-state index contributed by atoms with van der Waals surface area (Å²) in [6.07, 6.45) is 9.33. The average molecular weight is 253 g/mol. The molecule has 0 aliphatic heterocycles. The van der Waals surface area contributed by atoms with Crippen molar-refractivity contribution in [2.45, 2.75) is 77.4 Å². The molecule has 2 aliphatic rings. The fourth-order valence-electron chi connectivity index (χ4n) is 3.83. The van der Waals surface area contributed by atoms with E-state index in [1.807, 2.05) is 0 Å². The zero-order chi connectivity index (χ0) is 13.2. The molecule has 2 rings (SSSR count). The van der Waals surface area contributed by atoms with E-state index in [0.717, 1.165) is 30.7 Å². The molecule has 0 heterocycles. The monoisotopic (exact) mass is 253 g/mol. The summed E-state index contributed by atoms with van der Waals surface area (Å²) in [4.78, 5) is 0. The molecule has 2 N–H and O–H groups in total. The van der Waals surface area contributed by atoms with E-state index >= 15 is 0 Å². The maximum atomic E-state index is 6.62. The molecule has 3 unspecified atom stereocenters. The van der Waals surface area contributed by atoms with Gasteiger partial charge in [0.2, 0.25) is 0 Å². The zero-order valence-corrected chi connectivity index (χ0v) is 12.5. The molecule has 0 aromatic heterocycles. The molecule has 0 bridgehead atoms. The van der Waals surface area contributed by atoms with Crippen molar-refractivity contribution in [1.29, 1.82) is 0 Å². The first-order chi connectivity index (χ1) is 8.56. The van der Waals surface area contributed by atoms with Gasteiger partial charge in [-0.3, -0.25) is 0 Å². The molecule has 3 atom stereocenters. The van der Waals surface area contributed by atoms with Crippen LogP contribution >= 0.6 is 0 Å². The van der Waals surface area contributed by atoms with Crippen molar-refractivity contribution in [1.82, 2.24) is 0 Å². The van der Waals surface area contributed by atoms with Crippen LogP contribution in [0, 0.1) is 17.8 Å². The van der Waals surface area contributed by atoms with Gasteiger partial charge in [0.1, 0.15) is 0 Å². The van der Waals surface area contributed by atoms with Crippen molar-refractivity contribution in [2.24, 2.45) is 23.5 Å². The molecule has 0 aromatic rings. The lowest BCUT2D eigenvalue weighted by Crippen LogP contribution is -2.48. The van der Waals surface area contributed by atoms with Crippen LogP contribution in [0.3, 0.4) is 0 Å². The third-order valence-corrected chi connectivity index (χ3v) is 5.23. The van der Waals surface area contributed by atoms with Crippen molar-refractivity contribution in [2.75, 3.05) is 6.54 Å². The Morgan fingerprint density at radius 1 is 1.28 bits per heavy atom. The molecule has 0 amide bonds. The quantitative estimate of drug-likeness (QED) is 0.810. The van der Waals surface area contributed by atoms with Crippen LogP contribution in [0.1, 0.15) is 65.7 Å². The molecule has 0 aromatic carbocycles. The van der Waals surface area contributed by atoms with Crippen molar-refractivity contribution in [3.8, 4) is 0 Å². The molecule has 2 heteroatoms. The second-order valence-electron chi connectivity index (χ2n) is 7.06. The van der Waals surface area contributed by atoms with Crippen molar-refractivity contribution < 1.29 is 4.74 Å². The molecule has 2 saturated carbocycles. The highest BCUT2D eigenvalue weighted by Gasteiger charge is 2.42. The highest BCUT2D eigenvalue weighted by atomic mass is 16.5. The van der Waals surface area contributed by atoms with Gasteiger partial charge in [-0.25, -0.2) is 0 Å². The Hall–Kier alpha value is -0.0800. The minimum Gasteiger partial charge on any atom is -0.371 e. The molecule has 0 saturated heterocycles. The van der Waals surface area contributed by atoms with E-state index in [2.05, 4.69) is 20.8 Å². The van der Waals surface area contributed by atoms with Crippen LogP contribution in [0.25, 0.3) is 0 Å². The fourth-order valence-corrected chi connectivity index (χ4v) is 3.83. The van der Waals surface area contributed by atoms with Crippen LogP contribution in [0.15, 0.2) is 0 Å². The predicted octanol–water partition coefficient (Wildman–Crippen LogP) is 3.74. The van der Waals surface area contributed by atoms with E-state index in [4.69, 9.17) is 10.5 Å². The lowest BCUT2D eigenvalue weighted by molar-refractivity contribution is -0.176. The second-order valence-corrected chi connectivity index (χ2v) is 7.06. The molecule has 18 heavy (non-hydrogen) atoms. The summed E-state index contributed by atoms with van der Waals surface area (Å²) in [7, 11) is 0. The van der Waals surface area contributed by atoms with Crippen LogP contribution in [0.4, 0.5) is 0 Å². The van der Waals surface area contributed by atoms with Crippen LogP contribution in [-0.2, 0) is 4.74 Å². The Labute approximate surface area is 113 Å². The van der Waals surface area contributed by atoms with Crippen molar-refractivity contribution >= 4 is 0 Å². The highest BCUT2D eigenvalue weighted by molar-refractivity contribution is 4.93. The molecule has 106 valence electrons. The third-order valence-electron chi connectivity index (χ3n) is 5.23. The van der Waals surface area contributed by atoms with Gasteiger partial charge in [-0.1, -0.05) is 27.2 Å². The first kappa shape index (κ1) is 14.3. The van der Waals surface area contributed by atoms with Gasteiger partial charge in [0.15, 0.2) is 0 Å². The Balaban J connectivity index is 1.99. The first-order valence-electron chi connectivity index (χ1n) is 7.94. The van der Waals surface area contributed by atoms with Gasteiger partial charge in [0, 0.05) is 0 Å². The Morgan fingerprint density at radius 2 is 2.00 bits per heavy atom. The summed E-state index contributed by atoms with van der Waals surface area (Å²) in [5, 5.41) is 0. The summed E-state index contributed by atoms with van der Waals surface area (Å²) < 4.78 is 6.62. The molecule has 0 radical (unpaired) electrons. The molecular formula is C16H31NO. The van der Waals surface area contributed by atoms with E-state index in [1.165, 1.54) is 38.5 Å². The van der Waals surface area contributed by atoms with Gasteiger partial charge in [-0.15, -0.1) is 0 Å². The van der Waals surface area contributed by atoms with Crippen molar-refractivity contribution in [3.63, 3.8) is 0 Å². The van der Waals surface area contributed by atoms with Crippen molar-refractivity contribution in [3.05, 3.63) is 0 Å². The van der Waals surface area contributed by atoms with Crippen LogP contribution in [0.2, 0.25) is 0 Å². The maximum absolute atomic E-state index is 6.62. The Kier molecular flexibility index (Phi) is 4.71. The molecular weight excluding hydrogens is 222 g/mol. The van der Waals surface area contributed by atoms with Gasteiger partial charge in [0.05, 0.1) is 11.7 Å². The van der Waals surface area contributed by atoms with Gasteiger partial charge in [0.25, 0.3) is 0 Å². The number of ether oxygens (including phenoxy) is 1. The van der Waals surface area contributed by atoms with Gasteiger partial charge >= 0.3 is 0 Å². The summed E-state index contributed by atoms with van der Waals surface area (Å²) in [6.45, 7) is 7.86. The van der Waals surface area contributed by atoms with E-state index in [1.54, 1.807) is 0 Å². The number of rotatable bonds is 5. The normalized spacial score (nSPS) is 35.5. The Bertz CT molecular complexity index is 260. The lowest BCUT2D eigenvalue weighted by Gasteiger charge is -2.48. The predicted molar refractivity (Wildman–Crippen MR) is 76.5 cm³/mol. The SMILES string of the molecule is CC1CCC(C(C)C)C(OC2(CCN)CCC2)C1. The average Bonchev–Trinajstić information content (AvgIpc) is 2.26. The number of hydrogen-bond donors (Lipinski definition) is 1. The molecule has 2 fully saturated rings. The number of nitrogens with two attached hydrogens (primary N) is 1. The summed E-state index contributed by atoms with van der Waals surface area (Å²) >= 11 is 0. The van der Waals surface area contributed by atoms with E-state index < -0.39 is 0 Å². The largest absolute Gasteiger partial charge is 0.371 e.